The van der Waals surface area contributed by atoms with Gasteiger partial charge in [0, 0.05) is 44.7 Å². The molecule has 1 aromatic carbocycles. The first-order valence-electron chi connectivity index (χ1n) is 6.64. The third kappa shape index (κ3) is 4.22. The lowest BCUT2D eigenvalue weighted by molar-refractivity contribution is -0.117. The van der Waals surface area contributed by atoms with Gasteiger partial charge in [-0.25, -0.2) is 0 Å². The van der Waals surface area contributed by atoms with E-state index >= 15 is 0 Å². The number of rotatable bonds is 5. The highest BCUT2D eigenvalue weighted by molar-refractivity contribution is 5.90. The molecule has 5 nitrogen and oxygen atoms in total. The van der Waals surface area contributed by atoms with Crippen LogP contribution in [0.1, 0.15) is 6.42 Å². The van der Waals surface area contributed by atoms with E-state index in [1.54, 1.807) is 7.11 Å². The van der Waals surface area contributed by atoms with Gasteiger partial charge in [-0.1, -0.05) is 0 Å². The second-order valence-electron chi connectivity index (χ2n) is 4.57. The first-order chi connectivity index (χ1) is 9.29. The summed E-state index contributed by atoms with van der Waals surface area (Å²) in [6, 6.07) is 8.00. The van der Waals surface area contributed by atoms with E-state index in [9.17, 15) is 4.79 Å². The summed E-state index contributed by atoms with van der Waals surface area (Å²) >= 11 is 0. The molecule has 19 heavy (non-hydrogen) atoms. The zero-order valence-electron chi connectivity index (χ0n) is 11.3. The van der Waals surface area contributed by atoms with E-state index in [2.05, 4.69) is 27.7 Å². The first kappa shape index (κ1) is 13.8. The van der Waals surface area contributed by atoms with Crippen molar-refractivity contribution in [2.24, 2.45) is 0 Å². The highest BCUT2D eigenvalue weighted by atomic mass is 16.5. The average molecular weight is 263 g/mol. The molecule has 104 valence electrons. The van der Waals surface area contributed by atoms with Gasteiger partial charge in [-0.15, -0.1) is 0 Å². The molecule has 1 amide bonds. The van der Waals surface area contributed by atoms with Crippen LogP contribution in [-0.2, 0) is 9.53 Å². The van der Waals surface area contributed by atoms with Gasteiger partial charge < -0.3 is 20.3 Å². The molecule has 1 aliphatic heterocycles. The quantitative estimate of drug-likeness (QED) is 0.834. The Morgan fingerprint density at radius 3 is 2.63 bits per heavy atom. The van der Waals surface area contributed by atoms with Crippen LogP contribution in [0, 0.1) is 0 Å². The van der Waals surface area contributed by atoms with Crippen molar-refractivity contribution in [2.45, 2.75) is 6.42 Å². The van der Waals surface area contributed by atoms with Crippen LogP contribution in [0.3, 0.4) is 0 Å². The van der Waals surface area contributed by atoms with Gasteiger partial charge in [-0.05, 0) is 24.3 Å². The lowest BCUT2D eigenvalue weighted by Crippen LogP contribution is -2.43. The van der Waals surface area contributed by atoms with Gasteiger partial charge in [0.15, 0.2) is 0 Å². The zero-order valence-corrected chi connectivity index (χ0v) is 11.3. The molecule has 2 rings (SSSR count). The Bertz CT molecular complexity index is 400. The van der Waals surface area contributed by atoms with Gasteiger partial charge in [0.1, 0.15) is 0 Å². The molecule has 5 heteroatoms. The van der Waals surface area contributed by atoms with Crippen molar-refractivity contribution in [3.8, 4) is 0 Å². The number of hydrogen-bond acceptors (Lipinski definition) is 4. The van der Waals surface area contributed by atoms with Crippen molar-refractivity contribution in [2.75, 3.05) is 50.1 Å². The van der Waals surface area contributed by atoms with Gasteiger partial charge in [-0.3, -0.25) is 4.79 Å². The lowest BCUT2D eigenvalue weighted by atomic mass is 10.2. The maximum atomic E-state index is 11.5. The van der Waals surface area contributed by atoms with Gasteiger partial charge in [0.2, 0.25) is 5.91 Å². The monoisotopic (exact) mass is 263 g/mol. The summed E-state index contributed by atoms with van der Waals surface area (Å²) in [5.74, 6) is -0.0169. The van der Waals surface area contributed by atoms with E-state index < -0.39 is 0 Å². The van der Waals surface area contributed by atoms with Crippen LogP contribution >= 0.6 is 0 Å². The molecule has 0 spiro atoms. The van der Waals surface area contributed by atoms with E-state index in [0.29, 0.717) is 13.0 Å². The smallest absolute Gasteiger partial charge is 0.226 e. The fourth-order valence-electron chi connectivity index (χ4n) is 2.10. The number of hydrogen-bond donors (Lipinski definition) is 2. The highest BCUT2D eigenvalue weighted by Crippen LogP contribution is 2.18. The Kier molecular flexibility index (Phi) is 5.18. The molecule has 0 aliphatic carbocycles. The van der Waals surface area contributed by atoms with Crippen LogP contribution < -0.4 is 15.5 Å². The number of benzene rings is 1. The molecule has 0 aromatic heterocycles. The van der Waals surface area contributed by atoms with Crippen molar-refractivity contribution in [1.82, 2.24) is 5.32 Å². The summed E-state index contributed by atoms with van der Waals surface area (Å²) in [5.41, 5.74) is 2.04. The molecule has 0 radical (unpaired) electrons. The number of carbonyl (C=O) groups excluding carboxylic acids is 1. The fraction of sp³-hybridized carbons (Fsp3) is 0.500. The molecular formula is C14H21N3O2. The van der Waals surface area contributed by atoms with Crippen LogP contribution in [0.5, 0.6) is 0 Å². The van der Waals surface area contributed by atoms with Crippen LogP contribution in [0.4, 0.5) is 11.4 Å². The minimum atomic E-state index is -0.0169. The van der Waals surface area contributed by atoms with E-state index in [4.69, 9.17) is 4.74 Å². The van der Waals surface area contributed by atoms with Crippen molar-refractivity contribution in [3.05, 3.63) is 24.3 Å². The molecule has 1 aliphatic rings. The predicted octanol–water partition coefficient (Wildman–Crippen LogP) is 1.07. The van der Waals surface area contributed by atoms with Crippen molar-refractivity contribution in [1.29, 1.82) is 0 Å². The summed E-state index contributed by atoms with van der Waals surface area (Å²) in [5, 5.41) is 6.19. The number of carbonyl (C=O) groups is 1. The molecule has 0 unspecified atom stereocenters. The number of nitrogens with one attached hydrogen (secondary N) is 2. The Balaban J connectivity index is 1.88. The first-order valence-corrected chi connectivity index (χ1v) is 6.64. The fourth-order valence-corrected chi connectivity index (χ4v) is 2.10. The Labute approximate surface area is 113 Å². The average Bonchev–Trinajstić information content (AvgIpc) is 2.47. The molecular weight excluding hydrogens is 242 g/mol. The van der Waals surface area contributed by atoms with Crippen molar-refractivity contribution >= 4 is 17.3 Å². The van der Waals surface area contributed by atoms with Crippen molar-refractivity contribution < 1.29 is 9.53 Å². The van der Waals surface area contributed by atoms with Crippen LogP contribution in [0.2, 0.25) is 0 Å². The lowest BCUT2D eigenvalue weighted by Gasteiger charge is -2.29. The topological polar surface area (TPSA) is 53.6 Å². The number of methoxy groups -OCH3 is 1. The largest absolute Gasteiger partial charge is 0.384 e. The van der Waals surface area contributed by atoms with E-state index in [-0.39, 0.29) is 5.91 Å². The second-order valence-corrected chi connectivity index (χ2v) is 4.57. The third-order valence-corrected chi connectivity index (χ3v) is 3.17. The third-order valence-electron chi connectivity index (χ3n) is 3.17. The van der Waals surface area contributed by atoms with Crippen LogP contribution in [-0.4, -0.2) is 45.8 Å². The maximum Gasteiger partial charge on any atom is 0.226 e. The Morgan fingerprint density at radius 2 is 2.00 bits per heavy atom. The number of piperazine rings is 1. The van der Waals surface area contributed by atoms with E-state index in [1.165, 1.54) is 5.69 Å². The standard InChI is InChI=1S/C14H21N3O2/c1-19-11-6-14(18)16-12-2-4-13(5-3-12)17-9-7-15-8-10-17/h2-5,15H,6-11H2,1H3,(H,16,18). The number of amides is 1. The number of nitrogens with zero attached hydrogens (tertiary/aromatic N) is 1. The van der Waals surface area contributed by atoms with Crippen LogP contribution in [0.15, 0.2) is 24.3 Å². The molecule has 0 atom stereocenters. The van der Waals surface area contributed by atoms with Crippen molar-refractivity contribution in [3.63, 3.8) is 0 Å². The Hall–Kier alpha value is -1.59. The summed E-state index contributed by atoms with van der Waals surface area (Å²) < 4.78 is 4.88. The summed E-state index contributed by atoms with van der Waals surface area (Å²) in [7, 11) is 1.59. The normalized spacial score (nSPS) is 15.3. The zero-order chi connectivity index (χ0) is 13.5. The van der Waals surface area contributed by atoms with Gasteiger partial charge in [0.05, 0.1) is 13.0 Å². The van der Waals surface area contributed by atoms with E-state index in [0.717, 1.165) is 31.9 Å². The Morgan fingerprint density at radius 1 is 1.32 bits per heavy atom. The highest BCUT2D eigenvalue weighted by Gasteiger charge is 2.10. The number of ether oxygens (including phenoxy) is 1. The molecule has 1 saturated heterocycles. The van der Waals surface area contributed by atoms with E-state index in [1.807, 2.05) is 12.1 Å². The SMILES string of the molecule is COCCC(=O)Nc1ccc(N2CCNCC2)cc1. The van der Waals surface area contributed by atoms with Crippen LogP contribution in [0.25, 0.3) is 0 Å². The number of anilines is 2. The molecule has 1 aromatic rings. The van der Waals surface area contributed by atoms with Gasteiger partial charge in [-0.2, -0.15) is 0 Å². The van der Waals surface area contributed by atoms with Gasteiger partial charge >= 0.3 is 0 Å². The molecule has 1 fully saturated rings. The second kappa shape index (κ2) is 7.11. The molecule has 1 heterocycles. The van der Waals surface area contributed by atoms with Gasteiger partial charge in [0.25, 0.3) is 0 Å². The summed E-state index contributed by atoms with van der Waals surface area (Å²) in [6.07, 6.45) is 0.385. The molecule has 2 N–H and O–H groups in total. The molecule has 0 saturated carbocycles. The predicted molar refractivity (Wildman–Crippen MR) is 76.6 cm³/mol. The minimum absolute atomic E-state index is 0.0169. The molecule has 0 bridgehead atoms. The minimum Gasteiger partial charge on any atom is -0.384 e. The maximum absolute atomic E-state index is 11.5. The summed E-state index contributed by atoms with van der Waals surface area (Å²) in [4.78, 5) is 13.9. The summed E-state index contributed by atoms with van der Waals surface area (Å²) in [6.45, 7) is 4.55.